The van der Waals surface area contributed by atoms with Gasteiger partial charge in [0.2, 0.25) is 5.89 Å². The molecule has 2 saturated heterocycles. The summed E-state index contributed by atoms with van der Waals surface area (Å²) in [5.41, 5.74) is 7.76. The fraction of sp³-hybridized carbons (Fsp3) is 0.619. The highest BCUT2D eigenvalue weighted by Gasteiger charge is 2.33. The van der Waals surface area contributed by atoms with Gasteiger partial charge in [0.25, 0.3) is 0 Å². The first-order chi connectivity index (χ1) is 13.6. The smallest absolute Gasteiger partial charge is 0.231 e. The van der Waals surface area contributed by atoms with E-state index in [4.69, 9.17) is 4.52 Å². The zero-order chi connectivity index (χ0) is 19.5. The van der Waals surface area contributed by atoms with Gasteiger partial charge >= 0.3 is 0 Å². The van der Waals surface area contributed by atoms with Gasteiger partial charge < -0.3 is 9.42 Å². The second-order valence-electron chi connectivity index (χ2n) is 8.56. The van der Waals surface area contributed by atoms with Crippen LogP contribution in [0.25, 0.3) is 0 Å². The number of piperidine rings is 1. The molecule has 3 unspecified atom stereocenters. The Kier molecular flexibility index (Phi) is 6.04. The Labute approximate surface area is 165 Å². The van der Waals surface area contributed by atoms with E-state index >= 15 is 0 Å². The average molecular weight is 388 g/mol. The van der Waals surface area contributed by atoms with E-state index in [0.29, 0.717) is 17.8 Å². The van der Waals surface area contributed by atoms with E-state index in [1.54, 1.807) is 0 Å². The van der Waals surface area contributed by atoms with Gasteiger partial charge in [0.05, 0.1) is 12.0 Å². The number of benzene rings is 1. The molecule has 4 rings (SSSR count). The van der Waals surface area contributed by atoms with Crippen LogP contribution in [0.4, 0.5) is 4.39 Å². The Morgan fingerprint density at radius 2 is 2.11 bits per heavy atom. The molecule has 0 saturated carbocycles. The third-order valence-corrected chi connectivity index (χ3v) is 5.74. The highest BCUT2D eigenvalue weighted by molar-refractivity contribution is 5.21. The van der Waals surface area contributed by atoms with Gasteiger partial charge in [0.1, 0.15) is 5.82 Å². The third-order valence-electron chi connectivity index (χ3n) is 5.74. The fourth-order valence-electron chi connectivity index (χ4n) is 4.37. The second-order valence-corrected chi connectivity index (χ2v) is 8.56. The van der Waals surface area contributed by atoms with Crippen LogP contribution in [0.15, 0.2) is 28.8 Å². The maximum atomic E-state index is 13.3. The largest absolute Gasteiger partial charge is 0.339 e. The van der Waals surface area contributed by atoms with E-state index in [1.807, 2.05) is 12.1 Å². The summed E-state index contributed by atoms with van der Waals surface area (Å²) < 4.78 is 18.8. The molecule has 28 heavy (non-hydrogen) atoms. The summed E-state index contributed by atoms with van der Waals surface area (Å²) >= 11 is 0. The summed E-state index contributed by atoms with van der Waals surface area (Å²) in [4.78, 5) is 7.16. The van der Waals surface area contributed by atoms with Gasteiger partial charge in [-0.2, -0.15) is 4.98 Å². The third kappa shape index (κ3) is 4.59. The van der Waals surface area contributed by atoms with Crippen molar-refractivity contribution in [1.82, 2.24) is 25.9 Å². The van der Waals surface area contributed by atoms with Crippen LogP contribution in [0.1, 0.15) is 55.9 Å². The van der Waals surface area contributed by atoms with Gasteiger partial charge in [-0.05, 0) is 43.0 Å². The summed E-state index contributed by atoms with van der Waals surface area (Å²) in [5, 5.41) is 4.16. The first-order valence-electron chi connectivity index (χ1n) is 10.4. The predicted molar refractivity (Wildman–Crippen MR) is 105 cm³/mol. The van der Waals surface area contributed by atoms with Gasteiger partial charge in [0.15, 0.2) is 5.82 Å². The number of halogens is 1. The Morgan fingerprint density at radius 3 is 2.89 bits per heavy atom. The molecule has 1 aromatic carbocycles. The molecule has 3 heterocycles. The van der Waals surface area contributed by atoms with Gasteiger partial charge in [-0.15, -0.1) is 0 Å². The minimum Gasteiger partial charge on any atom is -0.339 e. The zero-order valence-electron chi connectivity index (χ0n) is 16.7. The van der Waals surface area contributed by atoms with E-state index in [-0.39, 0.29) is 11.9 Å². The summed E-state index contributed by atoms with van der Waals surface area (Å²) in [6.07, 6.45) is 3.10. The number of hydrazine groups is 1. The van der Waals surface area contributed by atoms with E-state index < -0.39 is 0 Å². The van der Waals surface area contributed by atoms with Gasteiger partial charge in [0, 0.05) is 32.0 Å². The van der Waals surface area contributed by atoms with Crippen molar-refractivity contribution in [3.63, 3.8) is 0 Å². The first kappa shape index (κ1) is 19.5. The molecular weight excluding hydrogens is 357 g/mol. The second kappa shape index (κ2) is 8.68. The molecule has 0 amide bonds. The maximum absolute atomic E-state index is 13.3. The first-order valence-corrected chi connectivity index (χ1v) is 10.4. The molecule has 3 atom stereocenters. The minimum atomic E-state index is -0.193. The van der Waals surface area contributed by atoms with Crippen LogP contribution in [0.2, 0.25) is 0 Å². The van der Waals surface area contributed by atoms with Gasteiger partial charge in [-0.25, -0.2) is 9.82 Å². The molecule has 2 aliphatic heterocycles. The molecular formula is C21H30FN5O. The van der Waals surface area contributed by atoms with Crippen molar-refractivity contribution in [3.8, 4) is 0 Å². The fourth-order valence-corrected chi connectivity index (χ4v) is 4.37. The molecule has 2 aromatic rings. The predicted octanol–water partition coefficient (Wildman–Crippen LogP) is 3.05. The Hall–Kier alpha value is -1.83. The molecule has 152 valence electrons. The Morgan fingerprint density at radius 1 is 1.29 bits per heavy atom. The molecule has 0 spiro atoms. The van der Waals surface area contributed by atoms with Gasteiger partial charge in [-0.1, -0.05) is 31.1 Å². The normalized spacial score (nSPS) is 26.2. The topological polar surface area (TPSA) is 66.2 Å². The molecule has 0 bridgehead atoms. The summed E-state index contributed by atoms with van der Waals surface area (Å²) in [6, 6.07) is 7.02. The van der Waals surface area contributed by atoms with Crippen LogP contribution in [-0.4, -0.2) is 41.2 Å². The monoisotopic (exact) mass is 387 g/mol. The lowest BCUT2D eigenvalue weighted by atomic mass is 9.92. The Bertz CT molecular complexity index is 762. The molecule has 2 aliphatic rings. The van der Waals surface area contributed by atoms with Gasteiger partial charge in [-0.3, -0.25) is 5.43 Å². The van der Waals surface area contributed by atoms with Crippen molar-refractivity contribution in [2.75, 3.05) is 26.2 Å². The quantitative estimate of drug-likeness (QED) is 0.794. The number of likely N-dealkylation sites (tertiary alicyclic amines) is 1. The van der Waals surface area contributed by atoms with Crippen molar-refractivity contribution >= 4 is 0 Å². The molecule has 2 fully saturated rings. The molecule has 2 N–H and O–H groups in total. The van der Waals surface area contributed by atoms with Crippen LogP contribution in [0.3, 0.4) is 0 Å². The molecule has 0 radical (unpaired) electrons. The van der Waals surface area contributed by atoms with Crippen LogP contribution in [-0.2, 0) is 6.42 Å². The highest BCUT2D eigenvalue weighted by Crippen LogP contribution is 2.30. The van der Waals surface area contributed by atoms with Crippen molar-refractivity contribution in [1.29, 1.82) is 0 Å². The number of rotatable bonds is 6. The maximum Gasteiger partial charge on any atom is 0.231 e. The van der Waals surface area contributed by atoms with Crippen molar-refractivity contribution in [2.45, 2.75) is 45.1 Å². The van der Waals surface area contributed by atoms with Crippen LogP contribution in [0.5, 0.6) is 0 Å². The van der Waals surface area contributed by atoms with Crippen molar-refractivity contribution < 1.29 is 8.91 Å². The molecule has 6 nitrogen and oxygen atoms in total. The number of hydrogen-bond donors (Lipinski definition) is 2. The highest BCUT2D eigenvalue weighted by atomic mass is 19.1. The average Bonchev–Trinajstić information content (AvgIpc) is 3.32. The van der Waals surface area contributed by atoms with E-state index in [9.17, 15) is 4.39 Å². The molecule has 1 aromatic heterocycles. The molecule has 0 aliphatic carbocycles. The van der Waals surface area contributed by atoms with Crippen molar-refractivity contribution in [2.24, 2.45) is 11.8 Å². The van der Waals surface area contributed by atoms with Crippen LogP contribution >= 0.6 is 0 Å². The summed E-state index contributed by atoms with van der Waals surface area (Å²) in [5.74, 6) is 2.69. The van der Waals surface area contributed by atoms with Crippen LogP contribution < -0.4 is 10.9 Å². The minimum absolute atomic E-state index is 0.193. The SMILES string of the molecule is CC(C)Cc1noc(C2CCCN(CC3CNNC3c3ccc(F)cc3)C2)n1. The van der Waals surface area contributed by atoms with E-state index in [0.717, 1.165) is 62.7 Å². The molecule has 7 heteroatoms. The summed E-state index contributed by atoms with van der Waals surface area (Å²) in [7, 11) is 0. The number of aromatic nitrogens is 2. The lowest BCUT2D eigenvalue weighted by molar-refractivity contribution is 0.161. The Balaban J connectivity index is 1.38. The van der Waals surface area contributed by atoms with Crippen molar-refractivity contribution in [3.05, 3.63) is 47.4 Å². The standard InChI is InChI=1S/C21H30FN5O/c1-14(2)10-19-24-21(28-26-19)16-4-3-9-27(12-16)13-17-11-23-25-20(17)15-5-7-18(22)8-6-15/h5-8,14,16-17,20,23,25H,3-4,9-13H2,1-2H3. The lowest BCUT2D eigenvalue weighted by Gasteiger charge is -2.33. The lowest BCUT2D eigenvalue weighted by Crippen LogP contribution is -2.39. The van der Waals surface area contributed by atoms with Crippen LogP contribution in [0, 0.1) is 17.7 Å². The summed E-state index contributed by atoms with van der Waals surface area (Å²) in [6.45, 7) is 8.28. The number of hydrogen-bond acceptors (Lipinski definition) is 6. The van der Waals surface area contributed by atoms with E-state index in [1.165, 1.54) is 12.1 Å². The zero-order valence-corrected chi connectivity index (χ0v) is 16.7. The number of nitrogens with one attached hydrogen (secondary N) is 2. The van der Waals surface area contributed by atoms with E-state index in [2.05, 4.69) is 39.7 Å². The number of nitrogens with zero attached hydrogens (tertiary/aromatic N) is 3.